The molecule has 2 rings (SSSR count). The molecule has 0 fully saturated rings. The predicted molar refractivity (Wildman–Crippen MR) is 71.7 cm³/mol. The number of nitrogens with zero attached hydrogens (tertiary/aromatic N) is 1. The average molecular weight is 280 g/mol. The summed E-state index contributed by atoms with van der Waals surface area (Å²) in [6.45, 7) is 3.18. The third-order valence-electron chi connectivity index (χ3n) is 2.81. The van der Waals surface area contributed by atoms with Crippen molar-refractivity contribution in [2.45, 2.75) is 24.9 Å². The van der Waals surface area contributed by atoms with Crippen LogP contribution in [0.1, 0.15) is 16.8 Å². The molecule has 1 aromatic carbocycles. The van der Waals surface area contributed by atoms with E-state index < -0.39 is 10.0 Å². The van der Waals surface area contributed by atoms with E-state index in [1.807, 2.05) is 13.0 Å². The number of H-pyrrole nitrogens is 1. The van der Waals surface area contributed by atoms with E-state index in [-0.39, 0.29) is 4.90 Å². The number of nitrogens with two attached hydrogens (primary N) is 1. The summed E-state index contributed by atoms with van der Waals surface area (Å²) >= 11 is 0. The molecule has 0 bridgehead atoms. The first-order valence-corrected chi connectivity index (χ1v) is 7.33. The van der Waals surface area contributed by atoms with Crippen molar-refractivity contribution >= 4 is 10.0 Å². The van der Waals surface area contributed by atoms with Crippen molar-refractivity contribution in [3.63, 3.8) is 0 Å². The van der Waals surface area contributed by atoms with Gasteiger partial charge in [0, 0.05) is 24.3 Å². The zero-order valence-electron chi connectivity index (χ0n) is 10.6. The Labute approximate surface area is 112 Å². The van der Waals surface area contributed by atoms with Crippen LogP contribution in [-0.4, -0.2) is 18.6 Å². The Balaban J connectivity index is 1.99. The molecule has 1 heterocycles. The van der Waals surface area contributed by atoms with E-state index in [4.69, 9.17) is 5.14 Å². The first-order chi connectivity index (χ1) is 8.97. The van der Waals surface area contributed by atoms with Crippen LogP contribution in [0.4, 0.5) is 0 Å². The summed E-state index contributed by atoms with van der Waals surface area (Å²) in [6.07, 6.45) is 1.77. The molecule has 0 spiro atoms. The highest BCUT2D eigenvalue weighted by Crippen LogP contribution is 2.10. The molecule has 0 unspecified atom stereocenters. The highest BCUT2D eigenvalue weighted by Gasteiger charge is 2.07. The SMILES string of the molecule is Cc1[nH]ncc1CNCc1cccc(S(N)(=O)=O)c1. The summed E-state index contributed by atoms with van der Waals surface area (Å²) in [7, 11) is -3.64. The molecule has 7 heteroatoms. The van der Waals surface area contributed by atoms with Crippen LogP contribution in [-0.2, 0) is 23.1 Å². The fraction of sp³-hybridized carbons (Fsp3) is 0.250. The molecule has 0 aliphatic rings. The zero-order valence-corrected chi connectivity index (χ0v) is 11.4. The summed E-state index contributed by atoms with van der Waals surface area (Å²) in [5.41, 5.74) is 2.97. The molecule has 1 aromatic heterocycles. The topological polar surface area (TPSA) is 101 Å². The van der Waals surface area contributed by atoms with Gasteiger partial charge in [0.1, 0.15) is 0 Å². The number of hydrogen-bond acceptors (Lipinski definition) is 4. The third kappa shape index (κ3) is 3.63. The van der Waals surface area contributed by atoms with E-state index in [0.29, 0.717) is 13.1 Å². The van der Waals surface area contributed by atoms with Crippen LogP contribution in [0, 0.1) is 6.92 Å². The van der Waals surface area contributed by atoms with Crippen molar-refractivity contribution in [3.8, 4) is 0 Å². The number of primary sulfonamides is 1. The Morgan fingerprint density at radius 1 is 1.37 bits per heavy atom. The Hall–Kier alpha value is -1.70. The van der Waals surface area contributed by atoms with Crippen LogP contribution in [0.2, 0.25) is 0 Å². The molecule has 0 amide bonds. The van der Waals surface area contributed by atoms with E-state index in [9.17, 15) is 8.42 Å². The lowest BCUT2D eigenvalue weighted by atomic mass is 10.2. The van der Waals surface area contributed by atoms with Gasteiger partial charge in [-0.2, -0.15) is 5.10 Å². The van der Waals surface area contributed by atoms with Crippen molar-refractivity contribution in [3.05, 3.63) is 47.3 Å². The van der Waals surface area contributed by atoms with Gasteiger partial charge in [0.15, 0.2) is 0 Å². The number of nitrogens with one attached hydrogen (secondary N) is 2. The highest BCUT2D eigenvalue weighted by atomic mass is 32.2. The minimum atomic E-state index is -3.64. The van der Waals surface area contributed by atoms with Crippen LogP contribution in [0.25, 0.3) is 0 Å². The fourth-order valence-corrected chi connectivity index (χ4v) is 2.31. The predicted octanol–water partition coefficient (Wildman–Crippen LogP) is 0.655. The number of rotatable bonds is 5. The van der Waals surface area contributed by atoms with Gasteiger partial charge in [0.05, 0.1) is 11.1 Å². The summed E-state index contributed by atoms with van der Waals surface area (Å²) in [5.74, 6) is 0. The monoisotopic (exact) mass is 280 g/mol. The van der Waals surface area contributed by atoms with Crippen molar-refractivity contribution in [2.24, 2.45) is 5.14 Å². The Morgan fingerprint density at radius 3 is 2.79 bits per heavy atom. The molecule has 0 radical (unpaired) electrons. The molecule has 2 aromatic rings. The minimum Gasteiger partial charge on any atom is -0.308 e. The van der Waals surface area contributed by atoms with E-state index in [0.717, 1.165) is 16.8 Å². The summed E-state index contributed by atoms with van der Waals surface area (Å²) in [6, 6.07) is 6.59. The van der Waals surface area contributed by atoms with Crippen LogP contribution < -0.4 is 10.5 Å². The lowest BCUT2D eigenvalue weighted by Gasteiger charge is -2.06. The minimum absolute atomic E-state index is 0.131. The molecular formula is C12H16N4O2S. The number of aromatic nitrogens is 2. The van der Waals surface area contributed by atoms with Crippen molar-refractivity contribution in [2.75, 3.05) is 0 Å². The second kappa shape index (κ2) is 5.52. The quantitative estimate of drug-likeness (QED) is 0.748. The average Bonchev–Trinajstić information content (AvgIpc) is 2.75. The summed E-state index contributed by atoms with van der Waals surface area (Å²) < 4.78 is 22.5. The lowest BCUT2D eigenvalue weighted by molar-refractivity contribution is 0.597. The van der Waals surface area contributed by atoms with Gasteiger partial charge in [-0.25, -0.2) is 13.6 Å². The van der Waals surface area contributed by atoms with Gasteiger partial charge < -0.3 is 5.32 Å². The van der Waals surface area contributed by atoms with Gasteiger partial charge in [-0.3, -0.25) is 5.10 Å². The van der Waals surface area contributed by atoms with Crippen LogP contribution in [0.15, 0.2) is 35.4 Å². The van der Waals surface area contributed by atoms with Gasteiger partial charge in [0.2, 0.25) is 10.0 Å². The first kappa shape index (κ1) is 13.7. The van der Waals surface area contributed by atoms with Gasteiger partial charge >= 0.3 is 0 Å². The summed E-state index contributed by atoms with van der Waals surface area (Å²) in [4.78, 5) is 0.131. The molecular weight excluding hydrogens is 264 g/mol. The zero-order chi connectivity index (χ0) is 13.9. The van der Waals surface area contributed by atoms with Crippen LogP contribution in [0.5, 0.6) is 0 Å². The molecule has 0 saturated carbocycles. The third-order valence-corrected chi connectivity index (χ3v) is 3.72. The Morgan fingerprint density at radius 2 is 2.16 bits per heavy atom. The Bertz CT molecular complexity index is 664. The van der Waals surface area contributed by atoms with Gasteiger partial charge in [-0.05, 0) is 24.6 Å². The second-order valence-corrected chi connectivity index (χ2v) is 5.88. The molecule has 0 atom stereocenters. The molecule has 19 heavy (non-hydrogen) atoms. The molecule has 0 aliphatic carbocycles. The van der Waals surface area contributed by atoms with E-state index in [2.05, 4.69) is 15.5 Å². The lowest BCUT2D eigenvalue weighted by Crippen LogP contribution is -2.15. The fourth-order valence-electron chi connectivity index (χ4n) is 1.73. The van der Waals surface area contributed by atoms with Crippen molar-refractivity contribution in [1.29, 1.82) is 0 Å². The largest absolute Gasteiger partial charge is 0.308 e. The molecule has 102 valence electrons. The number of sulfonamides is 1. The molecule has 6 nitrogen and oxygen atoms in total. The number of benzene rings is 1. The maximum absolute atomic E-state index is 11.2. The van der Waals surface area contributed by atoms with Crippen LogP contribution in [0.3, 0.4) is 0 Å². The van der Waals surface area contributed by atoms with Gasteiger partial charge in [-0.15, -0.1) is 0 Å². The standard InChI is InChI=1S/C12H16N4O2S/c1-9-11(8-15-16-9)7-14-6-10-3-2-4-12(5-10)19(13,17)18/h2-5,8,14H,6-7H2,1H3,(H,15,16)(H2,13,17,18). The van der Waals surface area contributed by atoms with E-state index in [1.165, 1.54) is 6.07 Å². The van der Waals surface area contributed by atoms with Gasteiger partial charge in [-0.1, -0.05) is 12.1 Å². The highest BCUT2D eigenvalue weighted by molar-refractivity contribution is 7.89. The number of aryl methyl sites for hydroxylation is 1. The van der Waals surface area contributed by atoms with Gasteiger partial charge in [0.25, 0.3) is 0 Å². The smallest absolute Gasteiger partial charge is 0.238 e. The first-order valence-electron chi connectivity index (χ1n) is 5.78. The van der Waals surface area contributed by atoms with Crippen molar-refractivity contribution < 1.29 is 8.42 Å². The maximum atomic E-state index is 11.2. The van der Waals surface area contributed by atoms with E-state index >= 15 is 0 Å². The molecule has 0 saturated heterocycles. The van der Waals surface area contributed by atoms with E-state index in [1.54, 1.807) is 18.3 Å². The Kier molecular flexibility index (Phi) is 3.98. The second-order valence-electron chi connectivity index (χ2n) is 4.32. The molecule has 0 aliphatic heterocycles. The summed E-state index contributed by atoms with van der Waals surface area (Å²) in [5, 5.41) is 15.1. The van der Waals surface area contributed by atoms with Crippen molar-refractivity contribution in [1.82, 2.24) is 15.5 Å². The normalized spacial score (nSPS) is 11.7. The number of hydrogen-bond donors (Lipinski definition) is 3. The number of aromatic amines is 1. The maximum Gasteiger partial charge on any atom is 0.238 e. The molecule has 4 N–H and O–H groups in total. The van der Waals surface area contributed by atoms with Crippen LogP contribution >= 0.6 is 0 Å².